The Hall–Kier alpha value is -3.17. The van der Waals surface area contributed by atoms with Crippen LogP contribution in [0.1, 0.15) is 22.3 Å². The number of aliphatic carboxylic acids is 1. The number of amides is 2. The minimum Gasteiger partial charge on any atom is -0.497 e. The smallest absolute Gasteiger partial charge is 0.305 e. The van der Waals surface area contributed by atoms with Crippen LogP contribution in [0.15, 0.2) is 53.4 Å². The predicted octanol–water partition coefficient (Wildman–Crippen LogP) is 3.62. The van der Waals surface area contributed by atoms with E-state index < -0.39 is 5.97 Å². The summed E-state index contributed by atoms with van der Waals surface area (Å²) in [5.74, 6) is -0.920. The number of nitrogens with zero attached hydrogens (tertiary/aromatic N) is 1. The van der Waals surface area contributed by atoms with E-state index >= 15 is 0 Å². The van der Waals surface area contributed by atoms with Gasteiger partial charge < -0.3 is 15.2 Å². The topological polar surface area (TPSA) is 95.9 Å². The molecule has 2 aromatic carbocycles. The van der Waals surface area contributed by atoms with Crippen molar-refractivity contribution in [1.29, 1.82) is 0 Å². The number of thiocarbonyl (C=S) groups is 1. The molecule has 9 heteroatoms. The van der Waals surface area contributed by atoms with Crippen molar-refractivity contribution in [3.63, 3.8) is 0 Å². The van der Waals surface area contributed by atoms with Crippen molar-refractivity contribution in [3.8, 4) is 5.75 Å². The summed E-state index contributed by atoms with van der Waals surface area (Å²) >= 11 is 6.31. The van der Waals surface area contributed by atoms with E-state index in [-0.39, 0.29) is 24.8 Å². The molecule has 0 radical (unpaired) electrons. The SMILES string of the molecule is COc1ccc(C(=O)Nc2cccc(/C=C3\SC(=S)N(CCC(=O)O)C3=O)c2)cc1. The fourth-order valence-corrected chi connectivity index (χ4v) is 4.01. The third-order valence-corrected chi connectivity index (χ3v) is 5.60. The number of thioether (sulfide) groups is 1. The number of rotatable bonds is 7. The molecule has 2 N–H and O–H groups in total. The highest BCUT2D eigenvalue weighted by atomic mass is 32.2. The van der Waals surface area contributed by atoms with Crippen LogP contribution in [0.3, 0.4) is 0 Å². The van der Waals surface area contributed by atoms with Crippen LogP contribution in [0.2, 0.25) is 0 Å². The molecule has 0 unspecified atom stereocenters. The Morgan fingerprint density at radius 1 is 1.23 bits per heavy atom. The zero-order valence-electron chi connectivity index (χ0n) is 16.0. The molecule has 0 aromatic heterocycles. The van der Waals surface area contributed by atoms with Crippen LogP contribution in [-0.2, 0) is 9.59 Å². The number of benzene rings is 2. The Morgan fingerprint density at radius 2 is 1.97 bits per heavy atom. The number of methoxy groups -OCH3 is 1. The van der Waals surface area contributed by atoms with E-state index in [1.165, 1.54) is 4.90 Å². The molecule has 0 bridgehead atoms. The van der Waals surface area contributed by atoms with Gasteiger partial charge in [-0.3, -0.25) is 19.3 Å². The van der Waals surface area contributed by atoms with Crippen molar-refractivity contribution in [2.45, 2.75) is 6.42 Å². The van der Waals surface area contributed by atoms with E-state index in [2.05, 4.69) is 5.32 Å². The first-order valence-electron chi connectivity index (χ1n) is 8.90. The maximum absolute atomic E-state index is 12.5. The summed E-state index contributed by atoms with van der Waals surface area (Å²) in [7, 11) is 1.56. The highest BCUT2D eigenvalue weighted by Gasteiger charge is 2.32. The highest BCUT2D eigenvalue weighted by molar-refractivity contribution is 8.26. The van der Waals surface area contributed by atoms with E-state index in [0.29, 0.717) is 31.8 Å². The molecule has 1 aliphatic rings. The van der Waals surface area contributed by atoms with Gasteiger partial charge in [0, 0.05) is 17.8 Å². The Kier molecular flexibility index (Phi) is 6.86. The van der Waals surface area contributed by atoms with Gasteiger partial charge in [0.2, 0.25) is 0 Å². The Bertz CT molecular complexity index is 1030. The molecule has 2 amide bonds. The van der Waals surface area contributed by atoms with Crippen LogP contribution < -0.4 is 10.1 Å². The Morgan fingerprint density at radius 3 is 2.63 bits per heavy atom. The van der Waals surface area contributed by atoms with E-state index in [1.54, 1.807) is 61.7 Å². The molecule has 2 aromatic rings. The molecular weight excluding hydrogens is 424 g/mol. The lowest BCUT2D eigenvalue weighted by molar-refractivity contribution is -0.137. The summed E-state index contributed by atoms with van der Waals surface area (Å²) in [4.78, 5) is 37.4. The van der Waals surface area contributed by atoms with Crippen LogP contribution in [0.4, 0.5) is 5.69 Å². The predicted molar refractivity (Wildman–Crippen MR) is 120 cm³/mol. The number of hydrogen-bond acceptors (Lipinski definition) is 6. The fraction of sp³-hybridized carbons (Fsp3) is 0.143. The van der Waals surface area contributed by atoms with E-state index in [1.807, 2.05) is 0 Å². The maximum Gasteiger partial charge on any atom is 0.305 e. The standard InChI is InChI=1S/C21H18N2O5S2/c1-28-16-7-5-14(6-8-16)19(26)22-15-4-2-3-13(11-15)12-17-20(27)23(21(29)30-17)10-9-18(24)25/h2-8,11-12H,9-10H2,1H3,(H,22,26)(H,24,25)/b17-12-. The molecule has 0 spiro atoms. The van der Waals surface area contributed by atoms with Crippen LogP contribution in [-0.4, -0.2) is 45.8 Å². The van der Waals surface area contributed by atoms with Gasteiger partial charge in [-0.15, -0.1) is 0 Å². The molecule has 0 atom stereocenters. The zero-order valence-corrected chi connectivity index (χ0v) is 17.6. The molecule has 0 aliphatic carbocycles. The molecule has 0 saturated carbocycles. The zero-order chi connectivity index (χ0) is 21.7. The van der Waals surface area contributed by atoms with Crippen LogP contribution >= 0.6 is 24.0 Å². The van der Waals surface area contributed by atoms with Crippen LogP contribution in [0, 0.1) is 0 Å². The van der Waals surface area contributed by atoms with E-state index in [4.69, 9.17) is 22.1 Å². The van der Waals surface area contributed by atoms with Crippen LogP contribution in [0.25, 0.3) is 6.08 Å². The molecule has 1 aliphatic heterocycles. The highest BCUT2D eigenvalue weighted by Crippen LogP contribution is 2.33. The second-order valence-corrected chi connectivity index (χ2v) is 7.96. The summed E-state index contributed by atoms with van der Waals surface area (Å²) in [5, 5.41) is 11.6. The lowest BCUT2D eigenvalue weighted by Crippen LogP contribution is -2.30. The third kappa shape index (κ3) is 5.25. The number of ether oxygens (including phenoxy) is 1. The average molecular weight is 443 g/mol. The second-order valence-electron chi connectivity index (χ2n) is 6.29. The molecule has 30 heavy (non-hydrogen) atoms. The Labute approximate surface area is 182 Å². The van der Waals surface area contributed by atoms with Crippen molar-refractivity contribution in [2.24, 2.45) is 0 Å². The summed E-state index contributed by atoms with van der Waals surface area (Å²) in [6, 6.07) is 13.8. The number of carboxylic acid groups (broad SMARTS) is 1. The first-order chi connectivity index (χ1) is 14.4. The van der Waals surface area contributed by atoms with Gasteiger partial charge in [0.1, 0.15) is 10.1 Å². The lowest BCUT2D eigenvalue weighted by Gasteiger charge is -2.12. The maximum atomic E-state index is 12.5. The van der Waals surface area contributed by atoms with Crippen molar-refractivity contribution >= 4 is 57.8 Å². The Balaban J connectivity index is 1.72. The van der Waals surface area contributed by atoms with Crippen molar-refractivity contribution in [3.05, 3.63) is 64.6 Å². The molecule has 3 rings (SSSR count). The summed E-state index contributed by atoms with van der Waals surface area (Å²) in [5.41, 5.74) is 1.77. The monoisotopic (exact) mass is 442 g/mol. The number of anilines is 1. The number of carbonyl (C=O) groups excluding carboxylic acids is 2. The van der Waals surface area contributed by atoms with Gasteiger partial charge in [-0.2, -0.15) is 0 Å². The summed E-state index contributed by atoms with van der Waals surface area (Å²) < 4.78 is 5.42. The number of nitrogens with one attached hydrogen (secondary N) is 1. The normalized spacial score (nSPS) is 14.8. The number of carbonyl (C=O) groups is 3. The van der Waals surface area contributed by atoms with Crippen molar-refractivity contribution < 1.29 is 24.2 Å². The van der Waals surface area contributed by atoms with Gasteiger partial charge in [-0.1, -0.05) is 36.1 Å². The molecule has 1 fully saturated rings. The minimum absolute atomic E-state index is 0.0370. The minimum atomic E-state index is -0.992. The number of hydrogen-bond donors (Lipinski definition) is 2. The molecule has 7 nitrogen and oxygen atoms in total. The molecule has 154 valence electrons. The van der Waals surface area contributed by atoms with E-state index in [9.17, 15) is 14.4 Å². The van der Waals surface area contributed by atoms with Gasteiger partial charge in [0.05, 0.1) is 18.4 Å². The molecular formula is C21H18N2O5S2. The average Bonchev–Trinajstić information content (AvgIpc) is 2.99. The van der Waals surface area contributed by atoms with Crippen molar-refractivity contribution in [2.75, 3.05) is 19.0 Å². The summed E-state index contributed by atoms with van der Waals surface area (Å²) in [6.07, 6.45) is 1.50. The van der Waals surface area contributed by atoms with Gasteiger partial charge in [0.25, 0.3) is 11.8 Å². The fourth-order valence-electron chi connectivity index (χ4n) is 2.70. The first-order valence-corrected chi connectivity index (χ1v) is 10.1. The van der Waals surface area contributed by atoms with Gasteiger partial charge in [-0.25, -0.2) is 0 Å². The van der Waals surface area contributed by atoms with Gasteiger partial charge in [-0.05, 0) is 48.0 Å². The van der Waals surface area contributed by atoms with Crippen LogP contribution in [0.5, 0.6) is 5.75 Å². The number of carboxylic acids is 1. The van der Waals surface area contributed by atoms with E-state index in [0.717, 1.165) is 11.8 Å². The molecule has 1 heterocycles. The first kappa shape index (κ1) is 21.5. The van der Waals surface area contributed by atoms with Gasteiger partial charge in [0.15, 0.2) is 0 Å². The van der Waals surface area contributed by atoms with Crippen molar-refractivity contribution in [1.82, 2.24) is 4.90 Å². The van der Waals surface area contributed by atoms with Gasteiger partial charge >= 0.3 is 5.97 Å². The lowest BCUT2D eigenvalue weighted by atomic mass is 10.1. The third-order valence-electron chi connectivity index (χ3n) is 4.22. The summed E-state index contributed by atoms with van der Waals surface area (Å²) in [6.45, 7) is 0.0370. The second kappa shape index (κ2) is 9.55. The largest absolute Gasteiger partial charge is 0.497 e. The quantitative estimate of drug-likeness (QED) is 0.499. The molecule has 1 saturated heterocycles.